The number of benzene rings is 1. The summed E-state index contributed by atoms with van der Waals surface area (Å²) in [7, 11) is 0. The molecule has 138 valence electrons. The number of anilines is 1. The number of carbonyl (C=O) groups is 2. The summed E-state index contributed by atoms with van der Waals surface area (Å²) < 4.78 is 0. The fourth-order valence-corrected chi connectivity index (χ4v) is 8.70. The molecule has 1 aliphatic heterocycles. The van der Waals surface area contributed by atoms with Crippen molar-refractivity contribution in [3.63, 3.8) is 0 Å². The van der Waals surface area contributed by atoms with Crippen molar-refractivity contribution >= 4 is 17.5 Å². The molecule has 4 bridgehead atoms. The van der Waals surface area contributed by atoms with Crippen LogP contribution in [0.15, 0.2) is 41.5 Å². The molecule has 7 rings (SSSR count). The number of carbonyl (C=O) groups excluding carboxylic acids is 2. The maximum absolute atomic E-state index is 13.6. The van der Waals surface area contributed by atoms with E-state index in [4.69, 9.17) is 0 Å². The number of hydrogen-bond donors (Lipinski definition) is 0. The zero-order valence-electron chi connectivity index (χ0n) is 15.6. The van der Waals surface area contributed by atoms with E-state index in [1.807, 2.05) is 30.3 Å². The third-order valence-corrected chi connectivity index (χ3v) is 9.22. The Morgan fingerprint density at radius 1 is 0.815 bits per heavy atom. The smallest absolute Gasteiger partial charge is 0.238 e. The number of hydrogen-bond acceptors (Lipinski definition) is 2. The van der Waals surface area contributed by atoms with E-state index in [1.54, 1.807) is 16.0 Å². The van der Waals surface area contributed by atoms with Crippen molar-refractivity contribution in [2.24, 2.45) is 40.9 Å². The van der Waals surface area contributed by atoms with Gasteiger partial charge in [-0.05, 0) is 73.3 Å². The van der Waals surface area contributed by atoms with Crippen molar-refractivity contribution in [3.05, 3.63) is 41.5 Å². The predicted octanol–water partition coefficient (Wildman–Crippen LogP) is 4.34. The number of rotatable bonds is 1. The van der Waals surface area contributed by atoms with E-state index >= 15 is 0 Å². The van der Waals surface area contributed by atoms with Crippen LogP contribution in [0.2, 0.25) is 0 Å². The Morgan fingerprint density at radius 2 is 1.37 bits per heavy atom. The Morgan fingerprint density at radius 3 is 1.93 bits per heavy atom. The van der Waals surface area contributed by atoms with Gasteiger partial charge in [0.1, 0.15) is 0 Å². The number of nitrogens with zero attached hydrogens (tertiary/aromatic N) is 1. The van der Waals surface area contributed by atoms with Crippen molar-refractivity contribution in [1.29, 1.82) is 0 Å². The lowest BCUT2D eigenvalue weighted by Gasteiger charge is -2.36. The second-order valence-corrected chi connectivity index (χ2v) is 9.91. The molecule has 6 atom stereocenters. The molecule has 27 heavy (non-hydrogen) atoms. The second kappa shape index (κ2) is 4.74. The fourth-order valence-electron chi connectivity index (χ4n) is 8.70. The minimum absolute atomic E-state index is 0.0705. The van der Waals surface area contributed by atoms with Crippen LogP contribution in [0, 0.1) is 40.9 Å². The lowest BCUT2D eigenvalue weighted by atomic mass is 9.69. The zero-order chi connectivity index (χ0) is 17.9. The standard InChI is InChI=1S/C24H25NO2/c26-22-18-19(23(27)25(22)15-6-2-1-3-7-15)21-17-14-9-8-13(12-14)16(17)20(18)24(21)10-4-5-11-24/h1-3,6-7,13-14,18-21H,4-5,8-12H2/t13-,14-,18-,19-,20+,21+/m0/s1. The molecular weight excluding hydrogens is 334 g/mol. The molecule has 1 aromatic carbocycles. The molecule has 0 aromatic heterocycles. The van der Waals surface area contributed by atoms with Gasteiger partial charge in [-0.1, -0.05) is 42.2 Å². The highest BCUT2D eigenvalue weighted by molar-refractivity contribution is 6.23. The lowest BCUT2D eigenvalue weighted by Crippen LogP contribution is -2.38. The summed E-state index contributed by atoms with van der Waals surface area (Å²) >= 11 is 0. The third-order valence-electron chi connectivity index (χ3n) is 9.22. The molecule has 2 amide bonds. The highest BCUT2D eigenvalue weighted by Gasteiger charge is 2.76. The van der Waals surface area contributed by atoms with E-state index in [9.17, 15) is 9.59 Å². The van der Waals surface area contributed by atoms with Gasteiger partial charge in [0.2, 0.25) is 11.8 Å². The van der Waals surface area contributed by atoms with Crippen LogP contribution in [0.4, 0.5) is 5.69 Å². The summed E-state index contributed by atoms with van der Waals surface area (Å²) in [5, 5.41) is 0. The first kappa shape index (κ1) is 15.1. The maximum Gasteiger partial charge on any atom is 0.238 e. The van der Waals surface area contributed by atoms with Crippen molar-refractivity contribution in [1.82, 2.24) is 0 Å². The van der Waals surface area contributed by atoms with Gasteiger partial charge in [-0.25, -0.2) is 0 Å². The minimum atomic E-state index is -0.0705. The summed E-state index contributed by atoms with van der Waals surface area (Å²) in [6, 6.07) is 9.62. The van der Waals surface area contributed by atoms with Crippen LogP contribution in [0.5, 0.6) is 0 Å². The van der Waals surface area contributed by atoms with Crippen LogP contribution < -0.4 is 4.90 Å². The Kier molecular flexibility index (Phi) is 2.64. The van der Waals surface area contributed by atoms with Crippen LogP contribution >= 0.6 is 0 Å². The van der Waals surface area contributed by atoms with Crippen LogP contribution in [-0.2, 0) is 9.59 Å². The second-order valence-electron chi connectivity index (χ2n) is 9.91. The third kappa shape index (κ3) is 1.52. The molecule has 4 fully saturated rings. The van der Waals surface area contributed by atoms with Crippen molar-refractivity contribution in [2.75, 3.05) is 4.90 Å². The number of fused-ring (bicyclic) bond motifs is 9. The maximum atomic E-state index is 13.6. The molecule has 3 saturated carbocycles. The number of allylic oxidation sites excluding steroid dienone is 2. The van der Waals surface area contributed by atoms with Gasteiger partial charge >= 0.3 is 0 Å². The molecule has 6 aliphatic rings. The van der Waals surface area contributed by atoms with Gasteiger partial charge in [-0.3, -0.25) is 14.5 Å². The molecule has 0 unspecified atom stereocenters. The van der Waals surface area contributed by atoms with Crippen molar-refractivity contribution in [3.8, 4) is 0 Å². The number of amides is 2. The van der Waals surface area contributed by atoms with Crippen molar-refractivity contribution in [2.45, 2.75) is 44.9 Å². The molecular formula is C24H25NO2. The summed E-state index contributed by atoms with van der Waals surface area (Å²) in [6.45, 7) is 0. The lowest BCUT2D eigenvalue weighted by molar-refractivity contribution is -0.124. The Bertz CT molecular complexity index is 862. The molecule has 0 radical (unpaired) electrons. The predicted molar refractivity (Wildman–Crippen MR) is 102 cm³/mol. The average Bonchev–Trinajstić information content (AvgIpc) is 3.51. The monoisotopic (exact) mass is 359 g/mol. The van der Waals surface area contributed by atoms with Gasteiger partial charge in [0.25, 0.3) is 0 Å². The molecule has 1 aromatic rings. The van der Waals surface area contributed by atoms with E-state index < -0.39 is 0 Å². The Hall–Kier alpha value is -1.90. The van der Waals surface area contributed by atoms with Gasteiger partial charge in [0.15, 0.2) is 0 Å². The minimum Gasteiger partial charge on any atom is -0.274 e. The van der Waals surface area contributed by atoms with E-state index in [1.165, 1.54) is 44.9 Å². The van der Waals surface area contributed by atoms with Gasteiger partial charge in [0, 0.05) is 0 Å². The first-order valence-corrected chi connectivity index (χ1v) is 10.9. The SMILES string of the molecule is O=C1[C@H]2[C@H](C(=O)N1c1ccccc1)[C@H]1C3=C([C@H]4CC[C@H]3C4)[C@H]2C12CCCC2. The largest absolute Gasteiger partial charge is 0.274 e. The first-order valence-electron chi connectivity index (χ1n) is 10.9. The van der Waals surface area contributed by atoms with E-state index in [0.717, 1.165) is 17.5 Å². The van der Waals surface area contributed by atoms with Gasteiger partial charge in [0.05, 0.1) is 17.5 Å². The molecule has 3 heteroatoms. The summed E-state index contributed by atoms with van der Waals surface area (Å²) in [5.74, 6) is 2.28. The summed E-state index contributed by atoms with van der Waals surface area (Å²) in [4.78, 5) is 28.8. The molecule has 3 nitrogen and oxygen atoms in total. The van der Waals surface area contributed by atoms with Gasteiger partial charge in [-0.2, -0.15) is 0 Å². The Balaban J connectivity index is 1.39. The quantitative estimate of drug-likeness (QED) is 0.552. The Labute approximate surface area is 159 Å². The molecule has 1 spiro atoms. The normalized spacial score (nSPS) is 42.7. The summed E-state index contributed by atoms with van der Waals surface area (Å²) in [5.41, 5.74) is 4.41. The van der Waals surface area contributed by atoms with E-state index in [0.29, 0.717) is 11.8 Å². The van der Waals surface area contributed by atoms with Crippen LogP contribution in [0.3, 0.4) is 0 Å². The first-order chi connectivity index (χ1) is 13.2. The number of para-hydroxylation sites is 1. The molecule has 5 aliphatic carbocycles. The highest BCUT2D eigenvalue weighted by Crippen LogP contribution is 2.78. The number of imide groups is 1. The highest BCUT2D eigenvalue weighted by atomic mass is 16.2. The van der Waals surface area contributed by atoms with E-state index in [2.05, 4.69) is 0 Å². The van der Waals surface area contributed by atoms with Crippen LogP contribution in [-0.4, -0.2) is 11.8 Å². The zero-order valence-corrected chi connectivity index (χ0v) is 15.6. The van der Waals surface area contributed by atoms with Gasteiger partial charge in [-0.15, -0.1) is 0 Å². The fraction of sp³-hybridized carbons (Fsp3) is 0.583. The van der Waals surface area contributed by atoms with Gasteiger partial charge < -0.3 is 0 Å². The average molecular weight is 359 g/mol. The molecule has 1 heterocycles. The van der Waals surface area contributed by atoms with E-state index in [-0.39, 0.29) is 29.1 Å². The molecule has 1 saturated heterocycles. The van der Waals surface area contributed by atoms with Crippen molar-refractivity contribution < 1.29 is 9.59 Å². The topological polar surface area (TPSA) is 37.4 Å². The van der Waals surface area contributed by atoms with Crippen LogP contribution in [0.25, 0.3) is 0 Å². The molecule has 0 N–H and O–H groups in total. The van der Waals surface area contributed by atoms with Crippen LogP contribution in [0.1, 0.15) is 44.9 Å². The summed E-state index contributed by atoms with van der Waals surface area (Å²) in [6.07, 6.45) is 9.02.